The number of pyridine rings is 1. The molecule has 0 bridgehead atoms. The zero-order chi connectivity index (χ0) is 20.3. The van der Waals surface area contributed by atoms with Gasteiger partial charge in [-0.2, -0.15) is 0 Å². The monoisotopic (exact) mass is 399 g/mol. The van der Waals surface area contributed by atoms with E-state index in [1.165, 1.54) is 7.11 Å². The third-order valence-electron chi connectivity index (χ3n) is 5.31. The van der Waals surface area contributed by atoms with Crippen molar-refractivity contribution in [2.75, 3.05) is 50.7 Å². The quantitative estimate of drug-likeness (QED) is 0.828. The minimum absolute atomic E-state index is 0.240. The number of amides is 1. The number of carbonyl (C=O) groups excluding carboxylic acids is 1. The van der Waals surface area contributed by atoms with E-state index < -0.39 is 5.79 Å². The van der Waals surface area contributed by atoms with Gasteiger partial charge in [-0.1, -0.05) is 0 Å². The topological polar surface area (TPSA) is 82.2 Å². The highest BCUT2D eigenvalue weighted by atomic mass is 16.7. The van der Waals surface area contributed by atoms with Crippen LogP contribution in [-0.2, 0) is 9.47 Å². The summed E-state index contributed by atoms with van der Waals surface area (Å²) in [6.45, 7) is 2.99. The van der Waals surface area contributed by atoms with E-state index in [2.05, 4.69) is 15.2 Å². The van der Waals surface area contributed by atoms with Gasteiger partial charge in [0.1, 0.15) is 5.82 Å². The van der Waals surface area contributed by atoms with Gasteiger partial charge in [-0.3, -0.25) is 4.79 Å². The summed E-state index contributed by atoms with van der Waals surface area (Å²) in [6.07, 6.45) is 3.32. The fourth-order valence-corrected chi connectivity index (χ4v) is 3.69. The Morgan fingerprint density at radius 3 is 2.41 bits per heavy atom. The zero-order valence-electron chi connectivity index (χ0n) is 16.6. The van der Waals surface area contributed by atoms with Crippen LogP contribution in [0.15, 0.2) is 36.5 Å². The van der Waals surface area contributed by atoms with E-state index in [0.29, 0.717) is 36.0 Å². The Hall–Kier alpha value is -2.84. The Bertz CT molecular complexity index is 855. The molecule has 3 heterocycles. The predicted octanol–water partition coefficient (Wildman–Crippen LogP) is 2.69. The number of nitrogens with one attached hydrogen (secondary N) is 1. The molecular formula is C21H25N3O5. The SMILES string of the molecule is COc1ccc(C(=O)Nc2ccc(N3CCC4(CC3)OCCO4)nc2)cc1OC. The third kappa shape index (κ3) is 4.13. The number of rotatable bonds is 5. The Morgan fingerprint density at radius 2 is 1.79 bits per heavy atom. The standard InChI is InChI=1S/C21H25N3O5/c1-26-17-5-3-15(13-18(17)27-2)20(25)23-16-4-6-19(22-14-16)24-9-7-21(8-10-24)28-11-12-29-21/h3-6,13-14H,7-12H2,1-2H3,(H,23,25). The number of nitrogens with zero attached hydrogens (tertiary/aromatic N) is 2. The summed E-state index contributed by atoms with van der Waals surface area (Å²) < 4.78 is 22.0. The average Bonchev–Trinajstić information content (AvgIpc) is 3.22. The van der Waals surface area contributed by atoms with Gasteiger partial charge < -0.3 is 29.2 Å². The second kappa shape index (κ2) is 8.26. The van der Waals surface area contributed by atoms with E-state index in [9.17, 15) is 4.79 Å². The Balaban J connectivity index is 1.38. The van der Waals surface area contributed by atoms with Crippen molar-refractivity contribution in [3.63, 3.8) is 0 Å². The van der Waals surface area contributed by atoms with Crippen molar-refractivity contribution < 1.29 is 23.7 Å². The van der Waals surface area contributed by atoms with E-state index in [-0.39, 0.29) is 5.91 Å². The Morgan fingerprint density at radius 1 is 1.07 bits per heavy atom. The second-order valence-electron chi connectivity index (χ2n) is 7.02. The number of benzene rings is 1. The van der Waals surface area contributed by atoms with Gasteiger partial charge >= 0.3 is 0 Å². The number of ether oxygens (including phenoxy) is 4. The smallest absolute Gasteiger partial charge is 0.255 e. The van der Waals surface area contributed by atoms with Gasteiger partial charge in [0.25, 0.3) is 5.91 Å². The number of hydrogen-bond acceptors (Lipinski definition) is 7. The molecule has 2 saturated heterocycles. The molecule has 0 unspecified atom stereocenters. The maximum atomic E-state index is 12.5. The van der Waals surface area contributed by atoms with Crippen LogP contribution in [0.2, 0.25) is 0 Å². The Labute approximate surface area is 169 Å². The molecule has 1 N–H and O–H groups in total. The molecule has 0 aliphatic carbocycles. The van der Waals surface area contributed by atoms with Gasteiger partial charge in [0.15, 0.2) is 17.3 Å². The molecule has 1 amide bonds. The summed E-state index contributed by atoms with van der Waals surface area (Å²) in [5.74, 6) is 1.32. The molecular weight excluding hydrogens is 374 g/mol. The highest BCUT2D eigenvalue weighted by molar-refractivity contribution is 6.04. The van der Waals surface area contributed by atoms with E-state index in [0.717, 1.165) is 31.7 Å². The average molecular weight is 399 g/mol. The summed E-state index contributed by atoms with van der Waals surface area (Å²) in [5, 5.41) is 2.86. The van der Waals surface area contributed by atoms with Crippen molar-refractivity contribution in [2.24, 2.45) is 0 Å². The minimum atomic E-state index is -0.399. The van der Waals surface area contributed by atoms with Crippen LogP contribution in [0.1, 0.15) is 23.2 Å². The number of anilines is 2. The number of methoxy groups -OCH3 is 2. The molecule has 2 fully saturated rings. The first kappa shape index (κ1) is 19.5. The lowest BCUT2D eigenvalue weighted by atomic mass is 10.0. The van der Waals surface area contributed by atoms with Gasteiger partial charge in [0.05, 0.1) is 39.3 Å². The lowest BCUT2D eigenvalue weighted by molar-refractivity contribution is -0.169. The number of aromatic nitrogens is 1. The highest BCUT2D eigenvalue weighted by Gasteiger charge is 2.39. The third-order valence-corrected chi connectivity index (χ3v) is 5.31. The molecule has 2 aliphatic rings. The lowest BCUT2D eigenvalue weighted by Gasteiger charge is -2.38. The molecule has 154 valence electrons. The van der Waals surface area contributed by atoms with Gasteiger partial charge in [-0.05, 0) is 30.3 Å². The maximum Gasteiger partial charge on any atom is 0.255 e. The van der Waals surface area contributed by atoms with Crippen LogP contribution < -0.4 is 19.7 Å². The highest BCUT2D eigenvalue weighted by Crippen LogP contribution is 2.33. The van der Waals surface area contributed by atoms with Gasteiger partial charge in [0, 0.05) is 31.5 Å². The summed E-state index contributed by atoms with van der Waals surface area (Å²) in [6, 6.07) is 8.81. The van der Waals surface area contributed by atoms with Crippen LogP contribution in [0.25, 0.3) is 0 Å². The summed E-state index contributed by atoms with van der Waals surface area (Å²) in [5.41, 5.74) is 1.11. The fourth-order valence-electron chi connectivity index (χ4n) is 3.69. The number of piperidine rings is 1. The van der Waals surface area contributed by atoms with Crippen LogP contribution in [0.3, 0.4) is 0 Å². The van der Waals surface area contributed by atoms with Gasteiger partial charge in [0.2, 0.25) is 0 Å². The number of hydrogen-bond donors (Lipinski definition) is 1. The van der Waals surface area contributed by atoms with E-state index >= 15 is 0 Å². The summed E-state index contributed by atoms with van der Waals surface area (Å²) in [4.78, 5) is 19.3. The number of carbonyl (C=O) groups is 1. The fraction of sp³-hybridized carbons (Fsp3) is 0.429. The van der Waals surface area contributed by atoms with Crippen molar-refractivity contribution in [3.05, 3.63) is 42.1 Å². The molecule has 0 saturated carbocycles. The molecule has 0 radical (unpaired) electrons. The molecule has 1 aromatic carbocycles. The summed E-state index contributed by atoms with van der Waals surface area (Å²) >= 11 is 0. The van der Waals surface area contributed by atoms with Crippen molar-refractivity contribution in [2.45, 2.75) is 18.6 Å². The molecule has 8 nitrogen and oxygen atoms in total. The van der Waals surface area contributed by atoms with Crippen molar-refractivity contribution in [1.82, 2.24) is 4.98 Å². The largest absolute Gasteiger partial charge is 0.493 e. The molecule has 8 heteroatoms. The molecule has 2 aliphatic heterocycles. The molecule has 0 atom stereocenters. The lowest BCUT2D eigenvalue weighted by Crippen LogP contribution is -2.45. The van der Waals surface area contributed by atoms with Crippen LogP contribution in [0, 0.1) is 0 Å². The first-order valence-electron chi connectivity index (χ1n) is 9.65. The second-order valence-corrected chi connectivity index (χ2v) is 7.02. The molecule has 1 aromatic heterocycles. The van der Waals surface area contributed by atoms with Gasteiger partial charge in [-0.15, -0.1) is 0 Å². The van der Waals surface area contributed by atoms with Crippen molar-refractivity contribution in [3.8, 4) is 11.5 Å². The first-order chi connectivity index (χ1) is 14.1. The van der Waals surface area contributed by atoms with Crippen LogP contribution in [-0.4, -0.2) is 57.2 Å². The van der Waals surface area contributed by atoms with Crippen molar-refractivity contribution >= 4 is 17.4 Å². The van der Waals surface area contributed by atoms with E-state index in [4.69, 9.17) is 18.9 Å². The normalized spacial score (nSPS) is 17.9. The van der Waals surface area contributed by atoms with E-state index in [1.807, 2.05) is 12.1 Å². The molecule has 1 spiro atoms. The van der Waals surface area contributed by atoms with Crippen LogP contribution in [0.4, 0.5) is 11.5 Å². The van der Waals surface area contributed by atoms with E-state index in [1.54, 1.807) is 31.5 Å². The molecule has 29 heavy (non-hydrogen) atoms. The predicted molar refractivity (Wildman–Crippen MR) is 108 cm³/mol. The van der Waals surface area contributed by atoms with Crippen LogP contribution >= 0.6 is 0 Å². The maximum absolute atomic E-state index is 12.5. The van der Waals surface area contributed by atoms with Crippen LogP contribution in [0.5, 0.6) is 11.5 Å². The Kier molecular flexibility index (Phi) is 5.55. The zero-order valence-corrected chi connectivity index (χ0v) is 16.6. The van der Waals surface area contributed by atoms with Gasteiger partial charge in [-0.25, -0.2) is 4.98 Å². The first-order valence-corrected chi connectivity index (χ1v) is 9.65. The molecule has 2 aromatic rings. The van der Waals surface area contributed by atoms with Crippen molar-refractivity contribution in [1.29, 1.82) is 0 Å². The molecule has 4 rings (SSSR count). The minimum Gasteiger partial charge on any atom is -0.493 e. The summed E-state index contributed by atoms with van der Waals surface area (Å²) in [7, 11) is 3.09.